The van der Waals surface area contributed by atoms with Gasteiger partial charge in [-0.2, -0.15) is 0 Å². The van der Waals surface area contributed by atoms with Crippen LogP contribution in [0.1, 0.15) is 26.3 Å². The van der Waals surface area contributed by atoms with E-state index >= 15 is 0 Å². The monoisotopic (exact) mass is 353 g/mol. The van der Waals surface area contributed by atoms with Crippen molar-refractivity contribution in [3.8, 4) is 11.5 Å². The summed E-state index contributed by atoms with van der Waals surface area (Å²) in [6, 6.07) is 8.80. The van der Waals surface area contributed by atoms with E-state index < -0.39 is 5.60 Å². The molecule has 0 saturated heterocycles. The Bertz CT molecular complexity index is 988. The molecule has 26 heavy (non-hydrogen) atoms. The van der Waals surface area contributed by atoms with Crippen LogP contribution in [-0.2, 0) is 16.0 Å². The maximum absolute atomic E-state index is 11.9. The minimum absolute atomic E-state index is 0.193. The van der Waals surface area contributed by atoms with Gasteiger partial charge in [-0.1, -0.05) is 12.1 Å². The zero-order valence-electron chi connectivity index (χ0n) is 14.8. The molecule has 7 nitrogen and oxygen atoms in total. The van der Waals surface area contributed by atoms with Crippen molar-refractivity contribution < 1.29 is 14.3 Å². The third kappa shape index (κ3) is 4.44. The molecule has 0 spiro atoms. The first-order valence-corrected chi connectivity index (χ1v) is 8.13. The SMILES string of the molecule is CC(C)(C)OC(=O)Cc1ccc(Oc2ccnc3[nH]c(=O)cnc23)cc1. The van der Waals surface area contributed by atoms with Crippen molar-refractivity contribution in [3.05, 3.63) is 58.6 Å². The molecular formula is C19H19N3O4. The number of aromatic nitrogens is 3. The molecule has 0 radical (unpaired) electrons. The van der Waals surface area contributed by atoms with Crippen LogP contribution in [0.5, 0.6) is 11.5 Å². The van der Waals surface area contributed by atoms with Gasteiger partial charge in [0.15, 0.2) is 11.4 Å². The number of fused-ring (bicyclic) bond motifs is 1. The van der Waals surface area contributed by atoms with Crippen LogP contribution < -0.4 is 10.3 Å². The summed E-state index contributed by atoms with van der Waals surface area (Å²) < 4.78 is 11.1. The molecule has 3 rings (SSSR count). The van der Waals surface area contributed by atoms with E-state index in [-0.39, 0.29) is 17.9 Å². The quantitative estimate of drug-likeness (QED) is 0.725. The van der Waals surface area contributed by atoms with Crippen LogP contribution in [0.25, 0.3) is 11.2 Å². The van der Waals surface area contributed by atoms with Crippen LogP contribution in [0.3, 0.4) is 0 Å². The number of benzene rings is 1. The van der Waals surface area contributed by atoms with Gasteiger partial charge in [0.25, 0.3) is 5.56 Å². The minimum atomic E-state index is -0.503. The zero-order chi connectivity index (χ0) is 18.7. The number of carbonyl (C=O) groups is 1. The maximum atomic E-state index is 11.9. The fourth-order valence-corrected chi connectivity index (χ4v) is 2.35. The Morgan fingerprint density at radius 2 is 1.85 bits per heavy atom. The van der Waals surface area contributed by atoms with Crippen LogP contribution in [0.2, 0.25) is 0 Å². The van der Waals surface area contributed by atoms with Gasteiger partial charge in [-0.05, 0) is 38.5 Å². The molecule has 2 aromatic heterocycles. The lowest BCUT2D eigenvalue weighted by molar-refractivity contribution is -0.153. The summed E-state index contributed by atoms with van der Waals surface area (Å²) in [6.45, 7) is 5.51. The smallest absolute Gasteiger partial charge is 0.310 e. The molecule has 0 aliphatic rings. The molecule has 0 atom stereocenters. The number of hydrogen-bond donors (Lipinski definition) is 1. The average Bonchev–Trinajstić information content (AvgIpc) is 2.55. The fourth-order valence-electron chi connectivity index (χ4n) is 2.35. The van der Waals surface area contributed by atoms with Gasteiger partial charge in [0, 0.05) is 12.3 Å². The van der Waals surface area contributed by atoms with Gasteiger partial charge in [0.1, 0.15) is 16.9 Å². The van der Waals surface area contributed by atoms with E-state index in [0.717, 1.165) is 5.56 Å². The topological polar surface area (TPSA) is 94.2 Å². The van der Waals surface area contributed by atoms with E-state index in [1.165, 1.54) is 12.4 Å². The van der Waals surface area contributed by atoms with Crippen LogP contribution in [0, 0.1) is 0 Å². The largest absolute Gasteiger partial charge is 0.460 e. The zero-order valence-corrected chi connectivity index (χ0v) is 14.8. The molecule has 0 aliphatic carbocycles. The van der Waals surface area contributed by atoms with Crippen molar-refractivity contribution in [2.45, 2.75) is 32.8 Å². The van der Waals surface area contributed by atoms with E-state index in [0.29, 0.717) is 22.7 Å². The van der Waals surface area contributed by atoms with Crippen molar-refractivity contribution in [1.82, 2.24) is 15.0 Å². The summed E-state index contributed by atoms with van der Waals surface area (Å²) in [5.41, 5.74) is 0.819. The van der Waals surface area contributed by atoms with E-state index in [9.17, 15) is 9.59 Å². The Morgan fingerprint density at radius 1 is 1.12 bits per heavy atom. The molecule has 0 amide bonds. The van der Waals surface area contributed by atoms with Gasteiger partial charge >= 0.3 is 5.97 Å². The van der Waals surface area contributed by atoms with Crippen molar-refractivity contribution in [2.75, 3.05) is 0 Å². The van der Waals surface area contributed by atoms with Crippen LogP contribution in [0.4, 0.5) is 0 Å². The van der Waals surface area contributed by atoms with E-state index in [4.69, 9.17) is 9.47 Å². The Morgan fingerprint density at radius 3 is 2.54 bits per heavy atom. The molecule has 3 aromatic rings. The maximum Gasteiger partial charge on any atom is 0.310 e. The lowest BCUT2D eigenvalue weighted by Gasteiger charge is -2.19. The Hall–Kier alpha value is -3.22. The Kier molecular flexibility index (Phi) is 4.71. The second-order valence-electron chi connectivity index (χ2n) is 6.76. The number of H-pyrrole nitrogens is 1. The third-order valence-electron chi connectivity index (χ3n) is 3.36. The number of rotatable bonds is 4. The number of aromatic amines is 1. The molecule has 0 aliphatic heterocycles. The number of nitrogens with zero attached hydrogens (tertiary/aromatic N) is 2. The highest BCUT2D eigenvalue weighted by Crippen LogP contribution is 2.26. The van der Waals surface area contributed by atoms with E-state index in [1.807, 2.05) is 20.8 Å². The fraction of sp³-hybridized carbons (Fsp3) is 0.263. The average molecular weight is 353 g/mol. The minimum Gasteiger partial charge on any atom is -0.460 e. The highest BCUT2D eigenvalue weighted by atomic mass is 16.6. The Labute approximate surface area is 150 Å². The van der Waals surface area contributed by atoms with E-state index in [1.54, 1.807) is 30.3 Å². The summed E-state index contributed by atoms with van der Waals surface area (Å²) in [7, 11) is 0. The summed E-state index contributed by atoms with van der Waals surface area (Å²) in [5.74, 6) is 0.782. The highest BCUT2D eigenvalue weighted by Gasteiger charge is 2.16. The number of ether oxygens (including phenoxy) is 2. The lowest BCUT2D eigenvalue weighted by Crippen LogP contribution is -2.24. The number of nitrogens with one attached hydrogen (secondary N) is 1. The summed E-state index contributed by atoms with van der Waals surface area (Å²) in [5, 5.41) is 0. The molecular weight excluding hydrogens is 334 g/mol. The van der Waals surface area contributed by atoms with Crippen molar-refractivity contribution in [2.24, 2.45) is 0 Å². The predicted molar refractivity (Wildman–Crippen MR) is 96.2 cm³/mol. The number of pyridine rings is 1. The van der Waals surface area contributed by atoms with Crippen molar-refractivity contribution in [3.63, 3.8) is 0 Å². The molecule has 1 aromatic carbocycles. The molecule has 7 heteroatoms. The van der Waals surface area contributed by atoms with Gasteiger partial charge in [0.05, 0.1) is 12.6 Å². The number of esters is 1. The second-order valence-corrected chi connectivity index (χ2v) is 6.76. The molecule has 0 saturated carbocycles. The van der Waals surface area contributed by atoms with Gasteiger partial charge < -0.3 is 14.5 Å². The Balaban J connectivity index is 1.74. The molecule has 134 valence electrons. The highest BCUT2D eigenvalue weighted by molar-refractivity contribution is 5.77. The predicted octanol–water partition coefficient (Wildman–Crippen LogP) is 2.99. The number of carbonyl (C=O) groups excluding carboxylic acids is 1. The molecule has 2 heterocycles. The van der Waals surface area contributed by atoms with Gasteiger partial charge in [-0.25, -0.2) is 9.97 Å². The first kappa shape index (κ1) is 17.6. The van der Waals surface area contributed by atoms with Gasteiger partial charge in [-0.15, -0.1) is 0 Å². The van der Waals surface area contributed by atoms with Crippen LogP contribution in [-0.4, -0.2) is 26.5 Å². The molecule has 1 N–H and O–H groups in total. The van der Waals surface area contributed by atoms with Crippen molar-refractivity contribution >= 4 is 17.1 Å². The van der Waals surface area contributed by atoms with E-state index in [2.05, 4.69) is 15.0 Å². The molecule has 0 unspecified atom stereocenters. The standard InChI is InChI=1S/C19H19N3O4/c1-19(2,3)26-16(24)10-12-4-6-13(7-5-12)25-14-8-9-20-18-17(14)21-11-15(23)22-18/h4-9,11H,10H2,1-3H3,(H,20,22,23). The summed E-state index contributed by atoms with van der Waals surface area (Å²) in [6.07, 6.45) is 2.91. The number of hydrogen-bond acceptors (Lipinski definition) is 6. The third-order valence-corrected chi connectivity index (χ3v) is 3.36. The second kappa shape index (κ2) is 6.95. The van der Waals surface area contributed by atoms with Gasteiger partial charge in [0.2, 0.25) is 0 Å². The first-order valence-electron chi connectivity index (χ1n) is 8.13. The lowest BCUT2D eigenvalue weighted by atomic mass is 10.1. The summed E-state index contributed by atoms with van der Waals surface area (Å²) in [4.78, 5) is 34.0. The van der Waals surface area contributed by atoms with Crippen molar-refractivity contribution in [1.29, 1.82) is 0 Å². The molecule has 0 fully saturated rings. The van der Waals surface area contributed by atoms with Gasteiger partial charge in [-0.3, -0.25) is 9.59 Å². The first-order chi connectivity index (χ1) is 12.3. The summed E-state index contributed by atoms with van der Waals surface area (Å²) >= 11 is 0. The van der Waals surface area contributed by atoms with Crippen LogP contribution >= 0.6 is 0 Å². The molecule has 0 bridgehead atoms. The van der Waals surface area contributed by atoms with Crippen LogP contribution in [0.15, 0.2) is 47.5 Å². The normalized spacial score (nSPS) is 11.3.